The Bertz CT molecular complexity index is 559. The first-order valence-electron chi connectivity index (χ1n) is 8.90. The van der Waals surface area contributed by atoms with Gasteiger partial charge in [-0.15, -0.1) is 0 Å². The lowest BCUT2D eigenvalue weighted by molar-refractivity contribution is -0.139. The molecule has 3 aliphatic carbocycles. The number of fused-ring (bicyclic) bond motifs is 3. The van der Waals surface area contributed by atoms with Gasteiger partial charge in [-0.2, -0.15) is 0 Å². The second-order valence-corrected chi connectivity index (χ2v) is 8.92. The zero-order valence-corrected chi connectivity index (χ0v) is 14.2. The first-order valence-corrected chi connectivity index (χ1v) is 8.90. The Labute approximate surface area is 137 Å². The Balaban J connectivity index is 1.39. The van der Waals surface area contributed by atoms with Crippen molar-refractivity contribution in [2.24, 2.45) is 34.5 Å². The van der Waals surface area contributed by atoms with E-state index < -0.39 is 12.1 Å². The SMILES string of the molecule is CC1(C)[C@@H]2CC[C@@]1(C)[C@H](NC(=O)[C@@H]1C[C@H]3[C@@H](CO1)[C@H]3C(=O)O)C2. The highest BCUT2D eigenvalue weighted by molar-refractivity contribution is 5.82. The molecule has 4 rings (SSSR count). The molecule has 0 aromatic heterocycles. The van der Waals surface area contributed by atoms with Crippen molar-refractivity contribution in [2.45, 2.75) is 58.6 Å². The highest BCUT2D eigenvalue weighted by Gasteiger charge is 2.62. The van der Waals surface area contributed by atoms with Gasteiger partial charge < -0.3 is 15.2 Å². The fourth-order valence-electron chi connectivity index (χ4n) is 5.77. The van der Waals surface area contributed by atoms with Crippen LogP contribution in [0.25, 0.3) is 0 Å². The molecule has 5 heteroatoms. The topological polar surface area (TPSA) is 75.6 Å². The van der Waals surface area contributed by atoms with E-state index in [4.69, 9.17) is 9.84 Å². The average Bonchev–Trinajstić information content (AvgIpc) is 3.13. The van der Waals surface area contributed by atoms with Crippen LogP contribution in [-0.4, -0.2) is 35.7 Å². The van der Waals surface area contributed by atoms with E-state index in [1.807, 2.05) is 0 Å². The molecular formula is C18H27NO4. The summed E-state index contributed by atoms with van der Waals surface area (Å²) in [6.45, 7) is 7.39. The number of hydrogen-bond acceptors (Lipinski definition) is 3. The van der Waals surface area contributed by atoms with Gasteiger partial charge in [-0.3, -0.25) is 9.59 Å². The van der Waals surface area contributed by atoms with Gasteiger partial charge in [0, 0.05) is 6.04 Å². The Kier molecular flexibility index (Phi) is 3.16. The Morgan fingerprint density at radius 2 is 1.91 bits per heavy atom. The molecule has 4 fully saturated rings. The smallest absolute Gasteiger partial charge is 0.307 e. The van der Waals surface area contributed by atoms with Crippen LogP contribution in [0.3, 0.4) is 0 Å². The number of ether oxygens (including phenoxy) is 1. The number of carbonyl (C=O) groups is 2. The molecule has 0 radical (unpaired) electrons. The maximum atomic E-state index is 12.6. The van der Waals surface area contributed by atoms with Crippen LogP contribution in [0.1, 0.15) is 46.5 Å². The molecular weight excluding hydrogens is 294 g/mol. The monoisotopic (exact) mass is 321 g/mol. The zero-order chi connectivity index (χ0) is 16.6. The first kappa shape index (κ1) is 15.4. The molecule has 2 N–H and O–H groups in total. The molecule has 0 spiro atoms. The van der Waals surface area contributed by atoms with Crippen LogP contribution in [0.15, 0.2) is 0 Å². The number of carboxylic acid groups (broad SMARTS) is 1. The van der Waals surface area contributed by atoms with Crippen molar-refractivity contribution >= 4 is 11.9 Å². The summed E-state index contributed by atoms with van der Waals surface area (Å²) in [5, 5.41) is 12.4. The molecule has 1 amide bonds. The van der Waals surface area contributed by atoms with Crippen molar-refractivity contribution in [1.29, 1.82) is 0 Å². The van der Waals surface area contributed by atoms with Crippen LogP contribution in [0, 0.1) is 34.5 Å². The molecule has 2 bridgehead atoms. The summed E-state index contributed by atoms with van der Waals surface area (Å²) in [6, 6.07) is 0.222. The summed E-state index contributed by atoms with van der Waals surface area (Å²) in [5.74, 6) is -0.137. The number of rotatable bonds is 3. The summed E-state index contributed by atoms with van der Waals surface area (Å²) in [7, 11) is 0. The van der Waals surface area contributed by atoms with Crippen LogP contribution in [0.2, 0.25) is 0 Å². The van der Waals surface area contributed by atoms with E-state index in [9.17, 15) is 9.59 Å². The fourth-order valence-corrected chi connectivity index (χ4v) is 5.77. The van der Waals surface area contributed by atoms with E-state index in [-0.39, 0.29) is 40.5 Å². The van der Waals surface area contributed by atoms with Crippen LogP contribution in [0.5, 0.6) is 0 Å². The van der Waals surface area contributed by atoms with Gasteiger partial charge in [0.2, 0.25) is 5.91 Å². The average molecular weight is 321 g/mol. The second-order valence-electron chi connectivity index (χ2n) is 8.92. The molecule has 3 saturated carbocycles. The van der Waals surface area contributed by atoms with E-state index >= 15 is 0 Å². The Morgan fingerprint density at radius 3 is 2.48 bits per heavy atom. The van der Waals surface area contributed by atoms with Crippen molar-refractivity contribution in [3.05, 3.63) is 0 Å². The fraction of sp³-hybridized carbons (Fsp3) is 0.889. The van der Waals surface area contributed by atoms with Gasteiger partial charge >= 0.3 is 5.97 Å². The molecule has 1 aliphatic heterocycles. The molecule has 0 unspecified atom stereocenters. The normalized spacial score (nSPS) is 49.5. The van der Waals surface area contributed by atoms with Crippen molar-refractivity contribution in [3.63, 3.8) is 0 Å². The maximum Gasteiger partial charge on any atom is 0.307 e. The number of amides is 1. The lowest BCUT2D eigenvalue weighted by Gasteiger charge is -2.40. The van der Waals surface area contributed by atoms with Crippen LogP contribution in [-0.2, 0) is 14.3 Å². The molecule has 0 aromatic carbocycles. The molecule has 23 heavy (non-hydrogen) atoms. The number of nitrogens with one attached hydrogen (secondary N) is 1. The van der Waals surface area contributed by atoms with Crippen molar-refractivity contribution in [1.82, 2.24) is 5.32 Å². The third-order valence-electron chi connectivity index (χ3n) is 8.00. The van der Waals surface area contributed by atoms with E-state index in [1.54, 1.807) is 0 Å². The van der Waals surface area contributed by atoms with Gasteiger partial charge in [0.05, 0.1) is 12.5 Å². The van der Waals surface area contributed by atoms with Crippen LogP contribution in [0.4, 0.5) is 0 Å². The van der Waals surface area contributed by atoms with Crippen LogP contribution < -0.4 is 5.32 Å². The minimum atomic E-state index is -0.743. The predicted octanol–water partition coefficient (Wildman–Crippen LogP) is 2.05. The van der Waals surface area contributed by atoms with Crippen molar-refractivity contribution in [2.75, 3.05) is 6.61 Å². The van der Waals surface area contributed by atoms with Gasteiger partial charge in [-0.25, -0.2) is 0 Å². The largest absolute Gasteiger partial charge is 0.481 e. The van der Waals surface area contributed by atoms with Crippen molar-refractivity contribution in [3.8, 4) is 0 Å². The quantitative estimate of drug-likeness (QED) is 0.834. The summed E-state index contributed by atoms with van der Waals surface area (Å²) >= 11 is 0. The minimum Gasteiger partial charge on any atom is -0.481 e. The summed E-state index contributed by atoms with van der Waals surface area (Å²) < 4.78 is 5.67. The molecule has 1 heterocycles. The van der Waals surface area contributed by atoms with E-state index in [1.165, 1.54) is 12.8 Å². The zero-order valence-electron chi connectivity index (χ0n) is 14.2. The summed E-state index contributed by atoms with van der Waals surface area (Å²) in [6.07, 6.45) is 3.59. The molecule has 1 saturated heterocycles. The summed E-state index contributed by atoms with van der Waals surface area (Å²) in [4.78, 5) is 23.8. The molecule has 128 valence electrons. The molecule has 4 aliphatic rings. The highest BCUT2D eigenvalue weighted by Crippen LogP contribution is 2.65. The predicted molar refractivity (Wildman–Crippen MR) is 83.6 cm³/mol. The van der Waals surface area contributed by atoms with E-state index in [0.717, 1.165) is 6.42 Å². The minimum absolute atomic E-state index is 0.0333. The lowest BCUT2D eigenvalue weighted by Crippen LogP contribution is -2.50. The number of carbonyl (C=O) groups excluding carboxylic acids is 1. The molecule has 7 atom stereocenters. The van der Waals surface area contributed by atoms with E-state index in [2.05, 4.69) is 26.1 Å². The standard InChI is InChI=1S/C18H27NO4/c1-17(2)9-4-5-18(17,3)13(6-9)19-15(20)12-7-10-11(8-23-12)14(10)16(21)22/h9-14H,4-8H2,1-3H3,(H,19,20)(H,21,22)/t9-,10+,11-,12+,13-,14+,18+/m1/s1. The number of aliphatic carboxylic acids is 1. The Morgan fingerprint density at radius 1 is 1.17 bits per heavy atom. The summed E-state index contributed by atoms with van der Waals surface area (Å²) in [5.41, 5.74) is 0.433. The van der Waals surface area contributed by atoms with Crippen molar-refractivity contribution < 1.29 is 19.4 Å². The van der Waals surface area contributed by atoms with Gasteiger partial charge in [0.25, 0.3) is 0 Å². The third-order valence-corrected chi connectivity index (χ3v) is 8.00. The molecule has 0 aromatic rings. The number of carboxylic acids is 1. The number of hydrogen-bond donors (Lipinski definition) is 2. The third kappa shape index (κ3) is 2.01. The van der Waals surface area contributed by atoms with Crippen LogP contribution >= 0.6 is 0 Å². The van der Waals surface area contributed by atoms with Gasteiger partial charge in [0.15, 0.2) is 0 Å². The second kappa shape index (κ2) is 4.71. The van der Waals surface area contributed by atoms with Gasteiger partial charge in [-0.05, 0) is 54.3 Å². The van der Waals surface area contributed by atoms with E-state index in [0.29, 0.717) is 18.9 Å². The first-order chi connectivity index (χ1) is 10.8. The Hall–Kier alpha value is -1.10. The van der Waals surface area contributed by atoms with Gasteiger partial charge in [0.1, 0.15) is 6.10 Å². The lowest BCUT2D eigenvalue weighted by atomic mass is 9.69. The van der Waals surface area contributed by atoms with Gasteiger partial charge in [-0.1, -0.05) is 20.8 Å². The molecule has 5 nitrogen and oxygen atoms in total. The highest BCUT2D eigenvalue weighted by atomic mass is 16.5. The maximum absolute atomic E-state index is 12.6.